The van der Waals surface area contributed by atoms with Crippen molar-refractivity contribution in [3.05, 3.63) is 0 Å². The van der Waals surface area contributed by atoms with Crippen LogP contribution in [0.1, 0.15) is 20.8 Å². The van der Waals surface area contributed by atoms with Crippen molar-refractivity contribution in [1.82, 2.24) is 4.57 Å². The largest absolute Gasteiger partial charge is 0.410 e. The van der Waals surface area contributed by atoms with Crippen LogP contribution < -0.4 is 0 Å². The first kappa shape index (κ1) is 12.1. The topological polar surface area (TPSA) is 21.7 Å². The maximum Gasteiger partial charge on any atom is 0.410 e. The summed E-state index contributed by atoms with van der Waals surface area (Å²) in [6, 6.07) is 0. The van der Waals surface area contributed by atoms with Gasteiger partial charge in [0.15, 0.2) is 0 Å². The summed E-state index contributed by atoms with van der Waals surface area (Å²) in [7, 11) is 1.92. The lowest BCUT2D eigenvalue weighted by Gasteiger charge is -2.27. The second-order valence-electron chi connectivity index (χ2n) is 3.26. The molecule has 0 aliphatic carbocycles. The van der Waals surface area contributed by atoms with Crippen LogP contribution in [0.25, 0.3) is 0 Å². The number of rotatable bonds is 6. The summed E-state index contributed by atoms with van der Waals surface area (Å²) in [6.45, 7) is 8.63. The van der Waals surface area contributed by atoms with Crippen molar-refractivity contribution >= 4 is 9.45 Å². The number of hydrogen-bond acceptors (Lipinski definition) is 3. The van der Waals surface area contributed by atoms with E-state index in [4.69, 9.17) is 8.85 Å². The van der Waals surface area contributed by atoms with Gasteiger partial charge in [-0.3, -0.25) is 4.57 Å². The molecule has 0 unspecified atom stereocenters. The highest BCUT2D eigenvalue weighted by atomic mass is 28.3. The Morgan fingerprint density at radius 3 is 2.00 bits per heavy atom. The molecular weight excluding hydrogens is 170 g/mol. The smallest absolute Gasteiger partial charge is 0.388 e. The third-order valence-corrected chi connectivity index (χ3v) is 3.69. The molecule has 0 N–H and O–H groups in total. The first-order valence-corrected chi connectivity index (χ1v) is 5.91. The molecule has 0 aromatic carbocycles. The number of hydrogen-bond donors (Lipinski definition) is 0. The molecule has 0 saturated carbocycles. The standard InChI is InChI=1S/C8H21NO2Si/c1-6-9(7-8(2)3)12(10-4)11-5/h8,12H,6-7H2,1-5H3. The van der Waals surface area contributed by atoms with Crippen LogP contribution in [0.4, 0.5) is 0 Å². The lowest BCUT2D eigenvalue weighted by molar-refractivity contribution is 0.193. The third kappa shape index (κ3) is 4.20. The fourth-order valence-corrected chi connectivity index (χ4v) is 2.91. The van der Waals surface area contributed by atoms with Crippen LogP contribution in [0.3, 0.4) is 0 Å². The van der Waals surface area contributed by atoms with Crippen LogP contribution in [-0.4, -0.2) is 41.3 Å². The fourth-order valence-electron chi connectivity index (χ4n) is 1.23. The van der Waals surface area contributed by atoms with Gasteiger partial charge in [0, 0.05) is 14.2 Å². The second kappa shape index (κ2) is 6.60. The molecule has 3 nitrogen and oxygen atoms in total. The lowest BCUT2D eigenvalue weighted by Crippen LogP contribution is -2.44. The Morgan fingerprint density at radius 1 is 1.25 bits per heavy atom. The summed E-state index contributed by atoms with van der Waals surface area (Å²) < 4.78 is 12.9. The first-order chi connectivity index (χ1) is 5.65. The molecule has 0 fully saturated rings. The zero-order valence-corrected chi connectivity index (χ0v) is 9.99. The minimum Gasteiger partial charge on any atom is -0.388 e. The van der Waals surface area contributed by atoms with Crippen molar-refractivity contribution in [1.29, 1.82) is 0 Å². The van der Waals surface area contributed by atoms with E-state index in [9.17, 15) is 0 Å². The molecule has 0 radical (unpaired) electrons. The molecule has 0 spiro atoms. The van der Waals surface area contributed by atoms with Gasteiger partial charge in [0.2, 0.25) is 0 Å². The minimum absolute atomic E-state index is 0.672. The Morgan fingerprint density at radius 2 is 1.75 bits per heavy atom. The molecule has 0 aromatic rings. The summed E-state index contributed by atoms with van der Waals surface area (Å²) in [6.07, 6.45) is 0. The zero-order valence-electron chi connectivity index (χ0n) is 8.83. The van der Waals surface area contributed by atoms with E-state index in [2.05, 4.69) is 25.3 Å². The quantitative estimate of drug-likeness (QED) is 0.584. The molecule has 0 aromatic heterocycles. The van der Waals surface area contributed by atoms with Crippen LogP contribution in [0.15, 0.2) is 0 Å². The summed E-state index contributed by atoms with van der Waals surface area (Å²) in [5, 5.41) is 0. The van der Waals surface area contributed by atoms with E-state index >= 15 is 0 Å². The van der Waals surface area contributed by atoms with Crippen LogP contribution in [0.2, 0.25) is 0 Å². The van der Waals surface area contributed by atoms with Gasteiger partial charge in [0.25, 0.3) is 0 Å². The summed E-state index contributed by atoms with van der Waals surface area (Å²) in [4.78, 5) is 0. The Hall–Kier alpha value is 0.0969. The van der Waals surface area contributed by atoms with Crippen molar-refractivity contribution in [2.45, 2.75) is 20.8 Å². The molecule has 0 aliphatic rings. The minimum atomic E-state index is -1.53. The average Bonchev–Trinajstić information content (AvgIpc) is 2.04. The van der Waals surface area contributed by atoms with Gasteiger partial charge < -0.3 is 8.85 Å². The molecule has 0 amide bonds. The Balaban J connectivity index is 3.92. The Labute approximate surface area is 77.6 Å². The van der Waals surface area contributed by atoms with E-state index in [1.54, 1.807) is 14.2 Å². The molecule has 0 bridgehead atoms. The highest BCUT2D eigenvalue weighted by Gasteiger charge is 2.19. The van der Waals surface area contributed by atoms with Crippen molar-refractivity contribution < 1.29 is 8.85 Å². The Kier molecular flexibility index (Phi) is 6.65. The summed E-state index contributed by atoms with van der Waals surface area (Å²) in [5.41, 5.74) is 0. The van der Waals surface area contributed by atoms with Gasteiger partial charge in [-0.15, -0.1) is 0 Å². The van der Waals surface area contributed by atoms with E-state index in [-0.39, 0.29) is 0 Å². The fraction of sp³-hybridized carbons (Fsp3) is 1.00. The molecular formula is C8H21NO2Si. The van der Waals surface area contributed by atoms with E-state index in [0.29, 0.717) is 5.92 Å². The molecule has 12 heavy (non-hydrogen) atoms. The predicted octanol–water partition coefficient (Wildman–Crippen LogP) is 0.974. The highest BCUT2D eigenvalue weighted by Crippen LogP contribution is 2.02. The second-order valence-corrected chi connectivity index (χ2v) is 5.55. The third-order valence-electron chi connectivity index (χ3n) is 1.71. The van der Waals surface area contributed by atoms with Crippen LogP contribution in [0.5, 0.6) is 0 Å². The molecule has 0 rings (SSSR count). The van der Waals surface area contributed by atoms with Crippen LogP contribution in [0, 0.1) is 5.92 Å². The molecule has 0 aliphatic heterocycles. The van der Waals surface area contributed by atoms with Crippen molar-refractivity contribution in [3.63, 3.8) is 0 Å². The van der Waals surface area contributed by atoms with Crippen molar-refractivity contribution in [2.75, 3.05) is 27.3 Å². The Bertz CT molecular complexity index is 107. The van der Waals surface area contributed by atoms with Gasteiger partial charge in [-0.2, -0.15) is 0 Å². The molecule has 0 heterocycles. The lowest BCUT2D eigenvalue weighted by atomic mass is 10.2. The van der Waals surface area contributed by atoms with Crippen LogP contribution in [-0.2, 0) is 8.85 Å². The molecule has 74 valence electrons. The van der Waals surface area contributed by atoms with Gasteiger partial charge in [-0.05, 0) is 19.0 Å². The van der Waals surface area contributed by atoms with Crippen molar-refractivity contribution in [3.8, 4) is 0 Å². The molecule has 0 atom stereocenters. The van der Waals surface area contributed by atoms with E-state index in [0.717, 1.165) is 13.1 Å². The maximum atomic E-state index is 5.30. The van der Waals surface area contributed by atoms with Gasteiger partial charge in [-0.25, -0.2) is 0 Å². The highest BCUT2D eigenvalue weighted by molar-refractivity contribution is 6.40. The van der Waals surface area contributed by atoms with Gasteiger partial charge in [0.1, 0.15) is 0 Å². The monoisotopic (exact) mass is 191 g/mol. The molecule has 4 heteroatoms. The summed E-state index contributed by atoms with van der Waals surface area (Å²) in [5.74, 6) is 0.672. The molecule has 0 saturated heterocycles. The number of nitrogens with zero attached hydrogens (tertiary/aromatic N) is 1. The van der Waals surface area contributed by atoms with Gasteiger partial charge in [-0.1, -0.05) is 20.8 Å². The summed E-state index contributed by atoms with van der Waals surface area (Å²) >= 11 is 0. The van der Waals surface area contributed by atoms with Gasteiger partial charge in [0.05, 0.1) is 0 Å². The normalized spacial score (nSPS) is 12.0. The zero-order chi connectivity index (χ0) is 9.56. The first-order valence-electron chi connectivity index (χ1n) is 4.45. The van der Waals surface area contributed by atoms with E-state index in [1.807, 2.05) is 0 Å². The van der Waals surface area contributed by atoms with Gasteiger partial charge >= 0.3 is 9.45 Å². The van der Waals surface area contributed by atoms with E-state index < -0.39 is 9.45 Å². The average molecular weight is 191 g/mol. The van der Waals surface area contributed by atoms with E-state index in [1.165, 1.54) is 0 Å². The van der Waals surface area contributed by atoms with Crippen LogP contribution >= 0.6 is 0 Å². The van der Waals surface area contributed by atoms with Crippen molar-refractivity contribution in [2.24, 2.45) is 5.92 Å². The SMILES string of the molecule is CCN(CC(C)C)[SiH](OC)OC. The predicted molar refractivity (Wildman–Crippen MR) is 53.3 cm³/mol. The maximum absolute atomic E-state index is 5.30.